The molecule has 1 aromatic carbocycles. The number of nitrogen functional groups attached to an aromatic ring is 2. The van der Waals surface area contributed by atoms with Crippen molar-refractivity contribution in [2.75, 3.05) is 25.2 Å². The Morgan fingerprint density at radius 1 is 1.26 bits per heavy atom. The van der Waals surface area contributed by atoms with Crippen LogP contribution >= 0.6 is 11.6 Å². The van der Waals surface area contributed by atoms with Gasteiger partial charge in [0.25, 0.3) is 0 Å². The van der Waals surface area contributed by atoms with E-state index in [2.05, 4.69) is 9.97 Å². The third-order valence-corrected chi connectivity index (χ3v) is 3.35. The van der Waals surface area contributed by atoms with E-state index in [-0.39, 0.29) is 23.0 Å². The van der Waals surface area contributed by atoms with Gasteiger partial charge >= 0.3 is 0 Å². The molecule has 2 rings (SSSR count). The predicted octanol–water partition coefficient (Wildman–Crippen LogP) is 2.63. The number of benzene rings is 1. The highest BCUT2D eigenvalue weighted by Crippen LogP contribution is 2.39. The highest BCUT2D eigenvalue weighted by molar-refractivity contribution is 6.33. The average Bonchev–Trinajstić information content (AvgIpc) is 2.52. The molecule has 1 aromatic heterocycles. The molecule has 7 nitrogen and oxygen atoms in total. The summed E-state index contributed by atoms with van der Waals surface area (Å²) < 4.78 is 10.9. The summed E-state index contributed by atoms with van der Waals surface area (Å²) >= 11 is 6.32. The first kappa shape index (κ1) is 16.6. The third-order valence-electron chi connectivity index (χ3n) is 3.04. The monoisotopic (exact) mass is 333 g/mol. The molecular weight excluding hydrogens is 318 g/mol. The highest BCUT2D eigenvalue weighted by Gasteiger charge is 2.19. The van der Waals surface area contributed by atoms with E-state index in [9.17, 15) is 5.26 Å². The molecule has 0 amide bonds. The maximum Gasteiger partial charge on any atom is 0.222 e. The van der Waals surface area contributed by atoms with Crippen molar-refractivity contribution in [3.05, 3.63) is 22.7 Å². The van der Waals surface area contributed by atoms with Crippen LogP contribution in [-0.4, -0.2) is 23.7 Å². The zero-order chi connectivity index (χ0) is 17.0. The van der Waals surface area contributed by atoms with E-state index >= 15 is 0 Å². The Morgan fingerprint density at radius 3 is 2.61 bits per heavy atom. The van der Waals surface area contributed by atoms with Gasteiger partial charge in [-0.3, -0.25) is 0 Å². The number of methoxy groups -OCH3 is 1. The second kappa shape index (κ2) is 7.03. The van der Waals surface area contributed by atoms with Crippen LogP contribution in [0.1, 0.15) is 18.9 Å². The van der Waals surface area contributed by atoms with Gasteiger partial charge < -0.3 is 20.9 Å². The molecule has 23 heavy (non-hydrogen) atoms. The molecule has 0 radical (unpaired) electrons. The molecule has 0 aliphatic carbocycles. The summed E-state index contributed by atoms with van der Waals surface area (Å²) in [5.41, 5.74) is 12.2. The first-order valence-electron chi connectivity index (χ1n) is 6.85. The smallest absolute Gasteiger partial charge is 0.222 e. The molecule has 1 heterocycles. The van der Waals surface area contributed by atoms with Crippen molar-refractivity contribution in [3.8, 4) is 28.8 Å². The first-order valence-corrected chi connectivity index (χ1v) is 7.23. The zero-order valence-electron chi connectivity index (χ0n) is 12.8. The van der Waals surface area contributed by atoms with Crippen LogP contribution in [0.15, 0.2) is 12.1 Å². The van der Waals surface area contributed by atoms with E-state index in [1.807, 2.05) is 13.0 Å². The summed E-state index contributed by atoms with van der Waals surface area (Å²) in [5.74, 6) is 0.934. The molecule has 0 unspecified atom stereocenters. The molecule has 0 bridgehead atoms. The number of aromatic nitrogens is 2. The van der Waals surface area contributed by atoms with Gasteiger partial charge in [0, 0.05) is 11.6 Å². The number of halogens is 1. The van der Waals surface area contributed by atoms with Crippen molar-refractivity contribution in [2.45, 2.75) is 13.3 Å². The number of hydrogen-bond acceptors (Lipinski definition) is 7. The van der Waals surface area contributed by atoms with Crippen LogP contribution in [-0.2, 0) is 0 Å². The van der Waals surface area contributed by atoms with Gasteiger partial charge in [-0.15, -0.1) is 0 Å². The van der Waals surface area contributed by atoms with Crippen LogP contribution < -0.4 is 20.9 Å². The summed E-state index contributed by atoms with van der Waals surface area (Å²) in [6.07, 6.45) is 0.847. The van der Waals surface area contributed by atoms with Crippen LogP contribution in [0.2, 0.25) is 5.02 Å². The van der Waals surface area contributed by atoms with Gasteiger partial charge in [-0.1, -0.05) is 18.5 Å². The van der Waals surface area contributed by atoms with Crippen molar-refractivity contribution in [1.29, 1.82) is 5.26 Å². The van der Waals surface area contributed by atoms with Gasteiger partial charge in [0.05, 0.1) is 24.4 Å². The lowest BCUT2D eigenvalue weighted by Gasteiger charge is -2.14. The number of nitriles is 1. The average molecular weight is 334 g/mol. The van der Waals surface area contributed by atoms with Crippen molar-refractivity contribution in [2.24, 2.45) is 0 Å². The van der Waals surface area contributed by atoms with E-state index in [1.165, 1.54) is 7.11 Å². The van der Waals surface area contributed by atoms with Crippen LogP contribution in [0.3, 0.4) is 0 Å². The minimum absolute atomic E-state index is 0.00339. The van der Waals surface area contributed by atoms with Crippen molar-refractivity contribution in [3.63, 3.8) is 0 Å². The molecule has 0 aliphatic rings. The van der Waals surface area contributed by atoms with Gasteiger partial charge in [0.2, 0.25) is 5.95 Å². The van der Waals surface area contributed by atoms with E-state index in [1.54, 1.807) is 12.1 Å². The van der Waals surface area contributed by atoms with Crippen LogP contribution in [0.25, 0.3) is 11.3 Å². The fourth-order valence-corrected chi connectivity index (χ4v) is 2.25. The lowest BCUT2D eigenvalue weighted by atomic mass is 10.1. The second-order valence-electron chi connectivity index (χ2n) is 4.63. The normalized spacial score (nSPS) is 10.2. The van der Waals surface area contributed by atoms with Gasteiger partial charge in [0.15, 0.2) is 11.5 Å². The number of hydrogen-bond donors (Lipinski definition) is 2. The molecule has 0 fully saturated rings. The number of nitrogens with zero attached hydrogens (tertiary/aromatic N) is 3. The minimum atomic E-state index is -0.0437. The van der Waals surface area contributed by atoms with E-state index in [4.69, 9.17) is 32.5 Å². The lowest BCUT2D eigenvalue weighted by Crippen LogP contribution is -2.05. The summed E-state index contributed by atoms with van der Waals surface area (Å²) in [6.45, 7) is 2.52. The largest absolute Gasteiger partial charge is 0.493 e. The maximum atomic E-state index is 9.29. The summed E-state index contributed by atoms with van der Waals surface area (Å²) in [7, 11) is 1.51. The van der Waals surface area contributed by atoms with Crippen molar-refractivity contribution >= 4 is 23.4 Å². The standard InChI is InChI=1S/C15H16ClN5O2/c1-3-4-23-12-6-10(16)8(5-11(12)22-2)13-9(7-17)14(18)21-15(19)20-13/h5-6H,3-4H2,1-2H3,(H4,18,19,20,21). The fourth-order valence-electron chi connectivity index (χ4n) is 2.00. The molecule has 0 atom stereocenters. The predicted molar refractivity (Wildman–Crippen MR) is 88.4 cm³/mol. The van der Waals surface area contributed by atoms with Gasteiger partial charge in [-0.25, -0.2) is 4.98 Å². The Hall–Kier alpha value is -2.72. The van der Waals surface area contributed by atoms with Crippen molar-refractivity contribution in [1.82, 2.24) is 9.97 Å². The highest BCUT2D eigenvalue weighted by atomic mass is 35.5. The summed E-state index contributed by atoms with van der Waals surface area (Å²) in [5, 5.41) is 9.63. The Labute approximate surface area is 138 Å². The number of anilines is 2. The van der Waals surface area contributed by atoms with E-state index in [0.29, 0.717) is 28.7 Å². The summed E-state index contributed by atoms with van der Waals surface area (Å²) in [6, 6.07) is 5.21. The minimum Gasteiger partial charge on any atom is -0.493 e. The Kier molecular flexibility index (Phi) is 5.09. The molecule has 0 saturated heterocycles. The van der Waals surface area contributed by atoms with E-state index < -0.39 is 0 Å². The maximum absolute atomic E-state index is 9.29. The molecular formula is C15H16ClN5O2. The van der Waals surface area contributed by atoms with Crippen LogP contribution in [0.4, 0.5) is 11.8 Å². The summed E-state index contributed by atoms with van der Waals surface area (Å²) in [4.78, 5) is 7.87. The van der Waals surface area contributed by atoms with Gasteiger partial charge in [-0.2, -0.15) is 10.2 Å². The molecule has 120 valence electrons. The number of nitrogens with two attached hydrogens (primary N) is 2. The molecule has 8 heteroatoms. The zero-order valence-corrected chi connectivity index (χ0v) is 13.5. The topological polar surface area (TPSA) is 120 Å². The number of ether oxygens (including phenoxy) is 2. The fraction of sp³-hybridized carbons (Fsp3) is 0.267. The Balaban J connectivity index is 2.63. The molecule has 0 aliphatic heterocycles. The molecule has 4 N–H and O–H groups in total. The van der Waals surface area contributed by atoms with E-state index in [0.717, 1.165) is 6.42 Å². The quantitative estimate of drug-likeness (QED) is 0.862. The Morgan fingerprint density at radius 2 is 2.00 bits per heavy atom. The number of rotatable bonds is 5. The Bertz CT molecular complexity index is 773. The van der Waals surface area contributed by atoms with Crippen LogP contribution in [0.5, 0.6) is 11.5 Å². The SMILES string of the molecule is CCCOc1cc(Cl)c(-c2nc(N)nc(N)c2C#N)cc1OC. The molecule has 2 aromatic rings. The van der Waals surface area contributed by atoms with Crippen molar-refractivity contribution < 1.29 is 9.47 Å². The third kappa shape index (κ3) is 3.38. The molecule has 0 spiro atoms. The van der Waals surface area contributed by atoms with Crippen LogP contribution in [0, 0.1) is 11.3 Å². The first-order chi connectivity index (χ1) is 11.0. The molecule has 0 saturated carbocycles. The second-order valence-corrected chi connectivity index (χ2v) is 5.04. The van der Waals surface area contributed by atoms with Gasteiger partial charge in [0.1, 0.15) is 17.5 Å². The van der Waals surface area contributed by atoms with Gasteiger partial charge in [-0.05, 0) is 12.5 Å². The lowest BCUT2D eigenvalue weighted by molar-refractivity contribution is 0.294.